The van der Waals surface area contributed by atoms with E-state index in [9.17, 15) is 4.79 Å². The van der Waals surface area contributed by atoms with Gasteiger partial charge in [-0.15, -0.1) is 11.3 Å². The minimum Gasteiger partial charge on any atom is -0.340 e. The summed E-state index contributed by atoms with van der Waals surface area (Å²) in [5, 5.41) is 9.91. The number of anilines is 3. The van der Waals surface area contributed by atoms with Crippen molar-refractivity contribution in [1.82, 2.24) is 24.6 Å². The Kier molecular flexibility index (Phi) is 6.02. The van der Waals surface area contributed by atoms with Gasteiger partial charge in [0.1, 0.15) is 17.2 Å². The quantitative estimate of drug-likeness (QED) is 0.467. The maximum absolute atomic E-state index is 13.2. The standard InChI is InChI=1S/C25H27N7OS/c1-17-6-8-19(9-7-17)27-23-15-18(2)26-25(28-23)32-12-10-31(11-13-32)24(33)21-16-20(29-30(21)3)22-5-4-14-34-22/h4-9,14-16H,10-13H2,1-3H3,(H,26,27,28). The predicted octanol–water partition coefficient (Wildman–Crippen LogP) is 4.26. The second-order valence-electron chi connectivity index (χ2n) is 8.48. The molecule has 1 saturated heterocycles. The minimum atomic E-state index is 0.00402. The smallest absolute Gasteiger partial charge is 0.272 e. The molecule has 1 amide bonds. The highest BCUT2D eigenvalue weighted by Gasteiger charge is 2.26. The van der Waals surface area contributed by atoms with Crippen LogP contribution in [-0.2, 0) is 7.05 Å². The number of aromatic nitrogens is 4. The molecule has 174 valence electrons. The number of carbonyl (C=O) groups is 1. The molecule has 0 bridgehead atoms. The zero-order chi connectivity index (χ0) is 23.7. The van der Waals surface area contributed by atoms with E-state index in [0.717, 1.165) is 27.8 Å². The van der Waals surface area contributed by atoms with E-state index in [0.29, 0.717) is 37.8 Å². The number of rotatable bonds is 5. The van der Waals surface area contributed by atoms with E-state index in [1.54, 1.807) is 16.0 Å². The van der Waals surface area contributed by atoms with E-state index in [-0.39, 0.29) is 5.91 Å². The summed E-state index contributed by atoms with van der Waals surface area (Å²) >= 11 is 1.62. The average molecular weight is 474 g/mol. The van der Waals surface area contributed by atoms with E-state index in [2.05, 4.69) is 39.4 Å². The summed E-state index contributed by atoms with van der Waals surface area (Å²) in [6.07, 6.45) is 0. The van der Waals surface area contributed by atoms with Gasteiger partial charge in [-0.05, 0) is 43.5 Å². The van der Waals surface area contributed by atoms with E-state index in [1.165, 1.54) is 5.56 Å². The summed E-state index contributed by atoms with van der Waals surface area (Å²) < 4.78 is 1.68. The van der Waals surface area contributed by atoms with Crippen LogP contribution in [0.4, 0.5) is 17.5 Å². The summed E-state index contributed by atoms with van der Waals surface area (Å²) in [6.45, 7) is 6.60. The SMILES string of the molecule is Cc1ccc(Nc2cc(C)nc(N3CCN(C(=O)c4cc(-c5cccs5)nn4C)CC3)n2)cc1. The molecular weight excluding hydrogens is 446 g/mol. The number of hydrogen-bond donors (Lipinski definition) is 1. The minimum absolute atomic E-state index is 0.00402. The van der Waals surface area contributed by atoms with Gasteiger partial charge in [0.2, 0.25) is 5.95 Å². The fourth-order valence-electron chi connectivity index (χ4n) is 4.03. The summed E-state index contributed by atoms with van der Waals surface area (Å²) in [5.41, 5.74) is 4.54. The Morgan fingerprint density at radius 2 is 1.76 bits per heavy atom. The predicted molar refractivity (Wildman–Crippen MR) is 136 cm³/mol. The molecule has 4 aromatic rings. The molecule has 1 aliphatic heterocycles. The Morgan fingerprint density at radius 1 is 1.00 bits per heavy atom. The normalized spacial score (nSPS) is 13.9. The van der Waals surface area contributed by atoms with Gasteiger partial charge in [-0.1, -0.05) is 23.8 Å². The van der Waals surface area contributed by atoms with E-state index in [4.69, 9.17) is 4.98 Å². The van der Waals surface area contributed by atoms with Gasteiger partial charge in [0.15, 0.2) is 0 Å². The molecule has 5 rings (SSSR count). The Bertz CT molecular complexity index is 1290. The molecule has 9 heteroatoms. The first-order valence-corrected chi connectivity index (χ1v) is 12.2. The monoisotopic (exact) mass is 473 g/mol. The second kappa shape index (κ2) is 9.26. The lowest BCUT2D eigenvalue weighted by Crippen LogP contribution is -2.49. The number of thiophene rings is 1. The van der Waals surface area contributed by atoms with Crippen molar-refractivity contribution in [2.45, 2.75) is 13.8 Å². The number of hydrogen-bond acceptors (Lipinski definition) is 7. The van der Waals surface area contributed by atoms with E-state index < -0.39 is 0 Å². The molecule has 0 spiro atoms. The molecule has 4 heterocycles. The van der Waals surface area contributed by atoms with E-state index >= 15 is 0 Å². The third-order valence-electron chi connectivity index (χ3n) is 5.89. The second-order valence-corrected chi connectivity index (χ2v) is 9.43. The molecule has 34 heavy (non-hydrogen) atoms. The Labute approximate surface area is 202 Å². The molecule has 1 fully saturated rings. The lowest BCUT2D eigenvalue weighted by molar-refractivity contribution is 0.0735. The number of piperazine rings is 1. The fourth-order valence-corrected chi connectivity index (χ4v) is 4.71. The molecule has 0 aliphatic carbocycles. The van der Waals surface area contributed by atoms with Gasteiger partial charge in [-0.25, -0.2) is 4.98 Å². The van der Waals surface area contributed by atoms with Crippen LogP contribution in [0.1, 0.15) is 21.7 Å². The van der Waals surface area contributed by atoms with E-state index in [1.807, 2.05) is 60.6 Å². The van der Waals surface area contributed by atoms with Crippen LogP contribution < -0.4 is 10.2 Å². The van der Waals surface area contributed by atoms with Crippen molar-refractivity contribution in [1.29, 1.82) is 0 Å². The highest BCUT2D eigenvalue weighted by Crippen LogP contribution is 2.25. The highest BCUT2D eigenvalue weighted by atomic mass is 32.1. The van der Waals surface area contributed by atoms with Crippen LogP contribution in [0.3, 0.4) is 0 Å². The maximum Gasteiger partial charge on any atom is 0.272 e. The number of carbonyl (C=O) groups excluding carboxylic acids is 1. The first kappa shape index (κ1) is 22.1. The maximum atomic E-state index is 13.2. The van der Waals surface area contributed by atoms with Gasteiger partial charge in [0.25, 0.3) is 5.91 Å². The topological polar surface area (TPSA) is 79.2 Å². The number of amides is 1. The molecule has 0 radical (unpaired) electrons. The Balaban J connectivity index is 1.26. The number of nitrogens with one attached hydrogen (secondary N) is 1. The number of aryl methyl sites for hydroxylation is 3. The average Bonchev–Trinajstić information content (AvgIpc) is 3.50. The summed E-state index contributed by atoms with van der Waals surface area (Å²) in [6, 6.07) is 16.1. The zero-order valence-electron chi connectivity index (χ0n) is 19.5. The summed E-state index contributed by atoms with van der Waals surface area (Å²) in [7, 11) is 1.82. The summed E-state index contributed by atoms with van der Waals surface area (Å²) in [5.74, 6) is 1.45. The van der Waals surface area contributed by atoms with Gasteiger partial charge >= 0.3 is 0 Å². The lowest BCUT2D eigenvalue weighted by atomic mass is 10.2. The molecule has 0 saturated carbocycles. The van der Waals surface area contributed by atoms with Crippen LogP contribution >= 0.6 is 11.3 Å². The van der Waals surface area contributed by atoms with Crippen LogP contribution in [0.2, 0.25) is 0 Å². The largest absolute Gasteiger partial charge is 0.340 e. The third kappa shape index (κ3) is 4.65. The van der Waals surface area contributed by atoms with Crippen molar-refractivity contribution in [3.05, 3.63) is 70.9 Å². The molecule has 0 atom stereocenters. The third-order valence-corrected chi connectivity index (χ3v) is 6.78. The molecule has 1 aromatic carbocycles. The van der Waals surface area contributed by atoms with Crippen LogP contribution in [0.5, 0.6) is 0 Å². The van der Waals surface area contributed by atoms with Crippen molar-refractivity contribution >= 4 is 34.7 Å². The Hall–Kier alpha value is -3.72. The molecule has 3 aromatic heterocycles. The van der Waals surface area contributed by atoms with Gasteiger partial charge in [-0.3, -0.25) is 9.48 Å². The number of nitrogens with zero attached hydrogens (tertiary/aromatic N) is 6. The highest BCUT2D eigenvalue weighted by molar-refractivity contribution is 7.13. The molecular formula is C25H27N7OS. The van der Waals surface area contributed by atoms with Crippen molar-refractivity contribution in [3.63, 3.8) is 0 Å². The Morgan fingerprint density at radius 3 is 2.47 bits per heavy atom. The molecule has 1 N–H and O–H groups in total. The first-order valence-electron chi connectivity index (χ1n) is 11.3. The fraction of sp³-hybridized carbons (Fsp3) is 0.280. The summed E-state index contributed by atoms with van der Waals surface area (Å²) in [4.78, 5) is 27.7. The van der Waals surface area contributed by atoms with Crippen LogP contribution in [0.25, 0.3) is 10.6 Å². The van der Waals surface area contributed by atoms with Gasteiger partial charge < -0.3 is 15.1 Å². The van der Waals surface area contributed by atoms with Crippen molar-refractivity contribution in [2.75, 3.05) is 36.4 Å². The molecule has 1 aliphatic rings. The first-order chi connectivity index (χ1) is 16.5. The zero-order valence-corrected chi connectivity index (χ0v) is 20.3. The lowest BCUT2D eigenvalue weighted by Gasteiger charge is -2.34. The number of benzene rings is 1. The van der Waals surface area contributed by atoms with Gasteiger partial charge in [0.05, 0.1) is 4.88 Å². The van der Waals surface area contributed by atoms with Crippen LogP contribution in [0.15, 0.2) is 53.9 Å². The van der Waals surface area contributed by atoms with Crippen molar-refractivity contribution in [3.8, 4) is 10.6 Å². The van der Waals surface area contributed by atoms with Crippen molar-refractivity contribution in [2.24, 2.45) is 7.05 Å². The van der Waals surface area contributed by atoms with Gasteiger partial charge in [0, 0.05) is 50.7 Å². The van der Waals surface area contributed by atoms with Crippen LogP contribution in [0, 0.1) is 13.8 Å². The van der Waals surface area contributed by atoms with Crippen LogP contribution in [-0.4, -0.2) is 56.7 Å². The van der Waals surface area contributed by atoms with Crippen molar-refractivity contribution < 1.29 is 4.79 Å². The molecule has 0 unspecified atom stereocenters. The van der Waals surface area contributed by atoms with Gasteiger partial charge in [-0.2, -0.15) is 10.1 Å². The molecule has 8 nitrogen and oxygen atoms in total.